The average Bonchev–Trinajstić information content (AvgIpc) is 2.34. The number of hydrogen-bond acceptors (Lipinski definition) is 5. The Morgan fingerprint density at radius 3 is 2.89 bits per heavy atom. The van der Waals surface area contributed by atoms with Crippen molar-refractivity contribution >= 4 is 27.7 Å². The van der Waals surface area contributed by atoms with Crippen molar-refractivity contribution in [1.29, 1.82) is 0 Å². The molecule has 1 aromatic heterocycles. The Morgan fingerprint density at radius 1 is 1.53 bits per heavy atom. The van der Waals surface area contributed by atoms with Gasteiger partial charge in [-0.2, -0.15) is 0 Å². The Kier molecular flexibility index (Phi) is 6.75. The molecule has 7 heteroatoms. The maximum atomic E-state index is 11.0. The molecule has 6 nitrogen and oxygen atoms in total. The lowest BCUT2D eigenvalue weighted by atomic mass is 10.2. The number of halogens is 1. The van der Waals surface area contributed by atoms with Crippen LogP contribution >= 0.6 is 15.9 Å². The first-order valence-electron chi connectivity index (χ1n) is 5.86. The number of rotatable bonds is 8. The Hall–Kier alpha value is -1.18. The first-order chi connectivity index (χ1) is 9.00. The third kappa shape index (κ3) is 6.00. The Morgan fingerprint density at radius 2 is 2.26 bits per heavy atom. The van der Waals surface area contributed by atoms with Crippen LogP contribution in [0.5, 0.6) is 0 Å². The SMILES string of the molecule is CN(C)CCOCCNc1ncc(Br)cc1C(=O)O. The highest BCUT2D eigenvalue weighted by Gasteiger charge is 2.11. The van der Waals surface area contributed by atoms with E-state index in [0.717, 1.165) is 6.54 Å². The quantitative estimate of drug-likeness (QED) is 0.704. The van der Waals surface area contributed by atoms with E-state index in [2.05, 4.69) is 26.2 Å². The van der Waals surface area contributed by atoms with Gasteiger partial charge in [0.25, 0.3) is 0 Å². The fraction of sp³-hybridized carbons (Fsp3) is 0.500. The van der Waals surface area contributed by atoms with Gasteiger partial charge >= 0.3 is 5.97 Å². The number of carbonyl (C=O) groups is 1. The fourth-order valence-corrected chi connectivity index (χ4v) is 1.67. The maximum absolute atomic E-state index is 11.0. The van der Waals surface area contributed by atoms with Crippen LogP contribution in [0.4, 0.5) is 5.82 Å². The predicted molar refractivity (Wildman–Crippen MR) is 76.8 cm³/mol. The highest BCUT2D eigenvalue weighted by molar-refractivity contribution is 9.10. The smallest absolute Gasteiger partial charge is 0.339 e. The van der Waals surface area contributed by atoms with Gasteiger partial charge in [0.1, 0.15) is 11.4 Å². The second-order valence-electron chi connectivity index (χ2n) is 4.20. The number of anilines is 1. The van der Waals surface area contributed by atoms with Gasteiger partial charge in [-0.05, 0) is 36.1 Å². The van der Waals surface area contributed by atoms with Crippen molar-refractivity contribution in [1.82, 2.24) is 9.88 Å². The third-order valence-electron chi connectivity index (χ3n) is 2.31. The minimum atomic E-state index is -1.01. The molecule has 0 atom stereocenters. The Bertz CT molecular complexity index is 427. The normalized spacial score (nSPS) is 10.7. The van der Waals surface area contributed by atoms with Crippen LogP contribution < -0.4 is 5.32 Å². The van der Waals surface area contributed by atoms with E-state index in [4.69, 9.17) is 9.84 Å². The number of nitrogens with one attached hydrogen (secondary N) is 1. The van der Waals surface area contributed by atoms with Gasteiger partial charge in [0.05, 0.1) is 13.2 Å². The van der Waals surface area contributed by atoms with Crippen molar-refractivity contribution in [3.8, 4) is 0 Å². The van der Waals surface area contributed by atoms with Gasteiger partial charge < -0.3 is 20.1 Å². The largest absolute Gasteiger partial charge is 0.478 e. The molecule has 0 aliphatic heterocycles. The van der Waals surface area contributed by atoms with Gasteiger partial charge in [0.15, 0.2) is 0 Å². The van der Waals surface area contributed by atoms with Crippen molar-refractivity contribution in [3.63, 3.8) is 0 Å². The van der Waals surface area contributed by atoms with Crippen LogP contribution in [-0.4, -0.2) is 61.4 Å². The van der Waals surface area contributed by atoms with Gasteiger partial charge in [0.2, 0.25) is 0 Å². The number of likely N-dealkylation sites (N-methyl/N-ethyl adjacent to an activating group) is 1. The summed E-state index contributed by atoms with van der Waals surface area (Å²) in [6.07, 6.45) is 1.56. The van der Waals surface area contributed by atoms with Crippen LogP contribution in [0.25, 0.3) is 0 Å². The second kappa shape index (κ2) is 8.08. The molecular formula is C12H18BrN3O3. The van der Waals surface area contributed by atoms with Gasteiger partial charge in [-0.1, -0.05) is 0 Å². The molecule has 0 bridgehead atoms. The molecule has 1 heterocycles. The third-order valence-corrected chi connectivity index (χ3v) is 2.74. The first kappa shape index (κ1) is 15.9. The van der Waals surface area contributed by atoms with Crippen LogP contribution in [0.2, 0.25) is 0 Å². The summed E-state index contributed by atoms with van der Waals surface area (Å²) in [7, 11) is 3.96. The number of carboxylic acid groups (broad SMARTS) is 1. The van der Waals surface area contributed by atoms with Crippen molar-refractivity contribution in [2.45, 2.75) is 0 Å². The molecule has 0 fully saturated rings. The number of carboxylic acids is 1. The molecule has 2 N–H and O–H groups in total. The molecule has 0 aliphatic rings. The maximum Gasteiger partial charge on any atom is 0.339 e. The predicted octanol–water partition coefficient (Wildman–Crippen LogP) is 1.53. The van der Waals surface area contributed by atoms with Gasteiger partial charge in [0, 0.05) is 23.8 Å². The molecular weight excluding hydrogens is 314 g/mol. The van der Waals surface area contributed by atoms with E-state index in [1.165, 1.54) is 6.07 Å². The molecule has 1 rings (SSSR count). The van der Waals surface area contributed by atoms with Crippen LogP contribution in [0, 0.1) is 0 Å². The zero-order chi connectivity index (χ0) is 14.3. The topological polar surface area (TPSA) is 74.7 Å². The summed E-state index contributed by atoms with van der Waals surface area (Å²) >= 11 is 3.20. The number of hydrogen-bond donors (Lipinski definition) is 2. The monoisotopic (exact) mass is 331 g/mol. The summed E-state index contributed by atoms with van der Waals surface area (Å²) in [4.78, 5) is 17.1. The summed E-state index contributed by atoms with van der Waals surface area (Å²) in [5.74, 6) is -0.656. The summed E-state index contributed by atoms with van der Waals surface area (Å²) in [5, 5.41) is 12.0. The number of nitrogens with zero attached hydrogens (tertiary/aromatic N) is 2. The summed E-state index contributed by atoms with van der Waals surface area (Å²) in [6.45, 7) is 2.53. The lowest BCUT2D eigenvalue weighted by Gasteiger charge is -2.11. The molecule has 19 heavy (non-hydrogen) atoms. The van der Waals surface area contributed by atoms with Gasteiger partial charge in [-0.25, -0.2) is 9.78 Å². The van der Waals surface area contributed by atoms with Crippen molar-refractivity contribution in [2.24, 2.45) is 0 Å². The number of pyridine rings is 1. The van der Waals surface area contributed by atoms with E-state index in [-0.39, 0.29) is 5.56 Å². The molecule has 0 saturated heterocycles. The zero-order valence-corrected chi connectivity index (χ0v) is 12.6. The Balaban J connectivity index is 2.39. The summed E-state index contributed by atoms with van der Waals surface area (Å²) in [5.41, 5.74) is 0.141. The zero-order valence-electron chi connectivity index (χ0n) is 11.0. The van der Waals surface area contributed by atoms with E-state index in [1.54, 1.807) is 6.20 Å². The van der Waals surface area contributed by atoms with Gasteiger partial charge in [-0.15, -0.1) is 0 Å². The summed E-state index contributed by atoms with van der Waals surface area (Å²) in [6, 6.07) is 1.52. The van der Waals surface area contributed by atoms with Crippen LogP contribution in [0.15, 0.2) is 16.7 Å². The second-order valence-corrected chi connectivity index (χ2v) is 5.11. The lowest BCUT2D eigenvalue weighted by Crippen LogP contribution is -2.20. The molecule has 0 amide bonds. The van der Waals surface area contributed by atoms with E-state index in [0.29, 0.717) is 30.0 Å². The van der Waals surface area contributed by atoms with Crippen molar-refractivity contribution < 1.29 is 14.6 Å². The van der Waals surface area contributed by atoms with Crippen LogP contribution in [0.3, 0.4) is 0 Å². The lowest BCUT2D eigenvalue weighted by molar-refractivity contribution is 0.0697. The van der Waals surface area contributed by atoms with Crippen LogP contribution in [0.1, 0.15) is 10.4 Å². The minimum absolute atomic E-state index is 0.141. The Labute approximate surface area is 120 Å². The van der Waals surface area contributed by atoms with Crippen molar-refractivity contribution in [2.75, 3.05) is 45.7 Å². The molecule has 0 saturated carbocycles. The minimum Gasteiger partial charge on any atom is -0.478 e. The first-order valence-corrected chi connectivity index (χ1v) is 6.65. The average molecular weight is 332 g/mol. The van der Waals surface area contributed by atoms with E-state index >= 15 is 0 Å². The number of aromatic nitrogens is 1. The molecule has 0 aliphatic carbocycles. The van der Waals surface area contributed by atoms with Crippen molar-refractivity contribution in [3.05, 3.63) is 22.3 Å². The molecule has 0 spiro atoms. The molecule has 0 unspecified atom stereocenters. The number of ether oxygens (including phenoxy) is 1. The van der Waals surface area contributed by atoms with E-state index in [1.807, 2.05) is 19.0 Å². The van der Waals surface area contributed by atoms with Crippen LogP contribution in [-0.2, 0) is 4.74 Å². The summed E-state index contributed by atoms with van der Waals surface area (Å²) < 4.78 is 6.04. The van der Waals surface area contributed by atoms with E-state index < -0.39 is 5.97 Å². The molecule has 106 valence electrons. The standard InChI is InChI=1S/C12H18BrN3O3/c1-16(2)4-6-19-5-3-14-11-10(12(17)18)7-9(13)8-15-11/h7-8H,3-6H2,1-2H3,(H,14,15)(H,17,18). The molecule has 0 radical (unpaired) electrons. The van der Waals surface area contributed by atoms with Gasteiger partial charge in [-0.3, -0.25) is 0 Å². The fourth-order valence-electron chi connectivity index (χ4n) is 1.33. The highest BCUT2D eigenvalue weighted by Crippen LogP contribution is 2.17. The molecule has 0 aromatic carbocycles. The van der Waals surface area contributed by atoms with E-state index in [9.17, 15) is 4.79 Å². The highest BCUT2D eigenvalue weighted by atomic mass is 79.9. The molecule has 1 aromatic rings. The number of aromatic carboxylic acids is 1.